The van der Waals surface area contributed by atoms with E-state index >= 15 is 0 Å². The molecule has 1 aliphatic rings. The molecule has 3 aromatic rings. The van der Waals surface area contributed by atoms with Gasteiger partial charge < -0.3 is 9.84 Å². The maximum absolute atomic E-state index is 13.3. The third kappa shape index (κ3) is 2.52. The van der Waals surface area contributed by atoms with Crippen LogP contribution in [0.15, 0.2) is 43.0 Å². The van der Waals surface area contributed by atoms with Crippen molar-refractivity contribution in [3.8, 4) is 5.75 Å². The van der Waals surface area contributed by atoms with Gasteiger partial charge in [0.15, 0.2) is 0 Å². The van der Waals surface area contributed by atoms with Crippen LogP contribution in [0.25, 0.3) is 15.8 Å². The number of fused-ring (bicyclic) bond motifs is 2. The number of aliphatic hydroxyl groups is 1. The Morgan fingerprint density at radius 2 is 2.17 bits per heavy atom. The van der Waals surface area contributed by atoms with Crippen molar-refractivity contribution in [2.75, 3.05) is 6.61 Å². The Bertz CT molecular complexity index is 919. The van der Waals surface area contributed by atoms with Crippen molar-refractivity contribution in [1.82, 2.24) is 4.98 Å². The van der Waals surface area contributed by atoms with Gasteiger partial charge in [-0.15, -0.1) is 11.3 Å². The van der Waals surface area contributed by atoms with Gasteiger partial charge in [-0.3, -0.25) is 0 Å². The van der Waals surface area contributed by atoms with E-state index < -0.39 is 6.10 Å². The summed E-state index contributed by atoms with van der Waals surface area (Å²) in [6.07, 6.45) is 0.0690. The van der Waals surface area contributed by atoms with Crippen LogP contribution in [0.2, 0.25) is 0 Å². The smallest absolute Gasteiger partial charge is 0.125 e. The molecule has 0 saturated carbocycles. The lowest BCUT2D eigenvalue weighted by Gasteiger charge is -2.22. The fourth-order valence-corrected chi connectivity index (χ4v) is 3.66. The van der Waals surface area contributed by atoms with E-state index in [1.807, 2.05) is 18.2 Å². The molecule has 0 amide bonds. The molecular weight excluding hydrogens is 313 g/mol. The topological polar surface area (TPSA) is 42.4 Å². The van der Waals surface area contributed by atoms with Crippen molar-refractivity contribution < 1.29 is 14.2 Å². The number of aliphatic hydroxyl groups excluding tert-OH is 1. The lowest BCUT2D eigenvalue weighted by molar-refractivity contribution is 0.115. The molecule has 5 heteroatoms. The Labute approximate surface area is 136 Å². The monoisotopic (exact) mass is 327 g/mol. The average Bonchev–Trinajstić information content (AvgIpc) is 2.97. The maximum Gasteiger partial charge on any atom is 0.125 e. The van der Waals surface area contributed by atoms with Gasteiger partial charge in [-0.1, -0.05) is 12.6 Å². The summed E-state index contributed by atoms with van der Waals surface area (Å²) in [6, 6.07) is 10.2. The molecule has 3 nitrogen and oxygen atoms in total. The zero-order valence-electron chi connectivity index (χ0n) is 12.3. The van der Waals surface area contributed by atoms with E-state index in [4.69, 9.17) is 4.74 Å². The highest BCUT2D eigenvalue weighted by molar-refractivity contribution is 7.19. The SMILES string of the molecule is C=C(c1ccc2c(c1)C(O)CCO2)c1nc2cc(F)ccc2s1. The van der Waals surface area contributed by atoms with Crippen molar-refractivity contribution in [3.63, 3.8) is 0 Å². The normalized spacial score (nSPS) is 16.9. The first-order valence-corrected chi connectivity index (χ1v) is 8.14. The molecule has 1 atom stereocenters. The Hall–Kier alpha value is -2.24. The fraction of sp³-hybridized carbons (Fsp3) is 0.167. The Kier molecular flexibility index (Phi) is 3.39. The molecule has 1 aromatic heterocycles. The molecule has 0 saturated heterocycles. The van der Waals surface area contributed by atoms with Gasteiger partial charge in [0, 0.05) is 23.6 Å². The van der Waals surface area contributed by atoms with Crippen molar-refractivity contribution in [2.24, 2.45) is 0 Å². The van der Waals surface area contributed by atoms with Crippen LogP contribution in [0, 0.1) is 5.82 Å². The van der Waals surface area contributed by atoms with Gasteiger partial charge in [0.2, 0.25) is 0 Å². The van der Waals surface area contributed by atoms with Gasteiger partial charge >= 0.3 is 0 Å². The van der Waals surface area contributed by atoms with Crippen LogP contribution in [0.3, 0.4) is 0 Å². The second-order valence-electron chi connectivity index (χ2n) is 5.52. The zero-order valence-corrected chi connectivity index (χ0v) is 13.1. The quantitative estimate of drug-likeness (QED) is 0.762. The van der Waals surface area contributed by atoms with Gasteiger partial charge in [0.25, 0.3) is 0 Å². The molecule has 23 heavy (non-hydrogen) atoms. The lowest BCUT2D eigenvalue weighted by Crippen LogP contribution is -2.13. The van der Waals surface area contributed by atoms with Crippen LogP contribution in [0.5, 0.6) is 5.75 Å². The molecule has 0 radical (unpaired) electrons. The van der Waals surface area contributed by atoms with Gasteiger partial charge in [0.1, 0.15) is 16.6 Å². The number of halogens is 1. The summed E-state index contributed by atoms with van der Waals surface area (Å²) in [6.45, 7) is 4.64. The highest BCUT2D eigenvalue weighted by Gasteiger charge is 2.20. The fourth-order valence-electron chi connectivity index (χ4n) is 2.72. The van der Waals surface area contributed by atoms with Crippen LogP contribution in [-0.4, -0.2) is 16.7 Å². The summed E-state index contributed by atoms with van der Waals surface area (Å²) in [5.41, 5.74) is 3.05. The van der Waals surface area contributed by atoms with Gasteiger partial charge in [-0.2, -0.15) is 0 Å². The summed E-state index contributed by atoms with van der Waals surface area (Å²) in [4.78, 5) is 4.47. The van der Waals surface area contributed by atoms with Crippen LogP contribution in [0.1, 0.15) is 28.7 Å². The molecule has 116 valence electrons. The summed E-state index contributed by atoms with van der Waals surface area (Å²) in [7, 11) is 0. The van der Waals surface area contributed by atoms with E-state index in [9.17, 15) is 9.50 Å². The number of rotatable bonds is 2. The number of hydrogen-bond acceptors (Lipinski definition) is 4. The second kappa shape index (κ2) is 5.44. The minimum absolute atomic E-state index is 0.297. The zero-order chi connectivity index (χ0) is 16.0. The molecule has 0 fully saturated rings. The second-order valence-corrected chi connectivity index (χ2v) is 6.55. The van der Waals surface area contributed by atoms with E-state index in [2.05, 4.69) is 11.6 Å². The number of hydrogen-bond donors (Lipinski definition) is 1. The summed E-state index contributed by atoms with van der Waals surface area (Å²) in [5.74, 6) is 0.417. The number of ether oxygens (including phenoxy) is 1. The van der Waals surface area contributed by atoms with Crippen LogP contribution in [0.4, 0.5) is 4.39 Å². The summed E-state index contributed by atoms with van der Waals surface area (Å²) >= 11 is 1.48. The number of benzene rings is 2. The molecular formula is C18H14FNO2S. The van der Waals surface area contributed by atoms with E-state index in [1.165, 1.54) is 23.5 Å². The molecule has 0 aliphatic carbocycles. The minimum Gasteiger partial charge on any atom is -0.493 e. The van der Waals surface area contributed by atoms with E-state index in [0.29, 0.717) is 24.3 Å². The van der Waals surface area contributed by atoms with Crippen LogP contribution >= 0.6 is 11.3 Å². The number of nitrogens with zero attached hydrogens (tertiary/aromatic N) is 1. The maximum atomic E-state index is 13.3. The standard InChI is InChI=1S/C18H14FNO2S/c1-10(18-20-14-9-12(19)3-5-17(14)23-18)11-2-4-16-13(8-11)15(21)6-7-22-16/h2-5,8-9,15,21H,1,6-7H2. The lowest BCUT2D eigenvalue weighted by atomic mass is 9.98. The predicted octanol–water partition coefficient (Wildman–Crippen LogP) is 4.31. The molecule has 1 N–H and O–H groups in total. The van der Waals surface area contributed by atoms with E-state index in [-0.39, 0.29) is 5.82 Å². The summed E-state index contributed by atoms with van der Waals surface area (Å²) in [5, 5.41) is 10.9. The largest absolute Gasteiger partial charge is 0.493 e. The highest BCUT2D eigenvalue weighted by Crippen LogP contribution is 2.36. The first kappa shape index (κ1) is 14.4. The van der Waals surface area contributed by atoms with Crippen LogP contribution < -0.4 is 4.74 Å². The molecule has 1 unspecified atom stereocenters. The van der Waals surface area contributed by atoms with E-state index in [1.54, 1.807) is 6.07 Å². The molecule has 4 rings (SSSR count). The average molecular weight is 327 g/mol. The summed E-state index contributed by atoms with van der Waals surface area (Å²) < 4.78 is 19.8. The van der Waals surface area contributed by atoms with Gasteiger partial charge in [-0.25, -0.2) is 9.37 Å². The van der Waals surface area contributed by atoms with Crippen LogP contribution in [-0.2, 0) is 0 Å². The predicted molar refractivity (Wildman–Crippen MR) is 89.2 cm³/mol. The first-order valence-electron chi connectivity index (χ1n) is 7.32. The third-order valence-electron chi connectivity index (χ3n) is 3.97. The van der Waals surface area contributed by atoms with Crippen molar-refractivity contribution >= 4 is 27.1 Å². The number of aromatic nitrogens is 1. The molecule has 0 spiro atoms. The molecule has 1 aliphatic heterocycles. The van der Waals surface area contributed by atoms with Crippen molar-refractivity contribution in [1.29, 1.82) is 0 Å². The van der Waals surface area contributed by atoms with E-state index in [0.717, 1.165) is 26.4 Å². The Morgan fingerprint density at radius 1 is 1.30 bits per heavy atom. The van der Waals surface area contributed by atoms with Crippen molar-refractivity contribution in [2.45, 2.75) is 12.5 Å². The molecule has 0 bridgehead atoms. The molecule has 2 heterocycles. The molecule has 2 aromatic carbocycles. The first-order chi connectivity index (χ1) is 11.1. The highest BCUT2D eigenvalue weighted by atomic mass is 32.1. The number of thiazole rings is 1. The third-order valence-corrected chi connectivity index (χ3v) is 5.07. The van der Waals surface area contributed by atoms with Gasteiger partial charge in [-0.05, 0) is 29.8 Å². The Balaban J connectivity index is 1.74. The minimum atomic E-state index is -0.518. The van der Waals surface area contributed by atoms with Crippen molar-refractivity contribution in [3.05, 3.63) is 64.9 Å². The van der Waals surface area contributed by atoms with Gasteiger partial charge in [0.05, 0.1) is 22.9 Å². The Morgan fingerprint density at radius 3 is 3.04 bits per heavy atom.